The van der Waals surface area contributed by atoms with Crippen molar-refractivity contribution in [2.24, 2.45) is 9.98 Å². The first-order valence-electron chi connectivity index (χ1n) is 14.2. The highest BCUT2D eigenvalue weighted by Crippen LogP contribution is 2.38. The lowest BCUT2D eigenvalue weighted by Gasteiger charge is -2.36. The molecule has 214 valence electrons. The van der Waals surface area contributed by atoms with Gasteiger partial charge in [0.15, 0.2) is 11.7 Å². The lowest BCUT2D eigenvalue weighted by molar-refractivity contribution is -0.0992. The molecule has 0 aliphatic carbocycles. The van der Waals surface area contributed by atoms with Gasteiger partial charge >= 0.3 is 0 Å². The molecule has 0 aromatic heterocycles. The third-order valence-corrected chi connectivity index (χ3v) is 9.08. The molecule has 2 aliphatic rings. The number of aliphatic imine (C=N–C) groups is 2. The average Bonchev–Trinajstić information content (AvgIpc) is 3.23. The van der Waals surface area contributed by atoms with E-state index < -0.39 is 22.2 Å². The van der Waals surface area contributed by atoms with E-state index in [2.05, 4.69) is 23.7 Å². The number of hydrogen-bond acceptors (Lipinski definition) is 6. The van der Waals surface area contributed by atoms with Crippen molar-refractivity contribution < 1.29 is 10.4 Å². The van der Waals surface area contributed by atoms with Gasteiger partial charge in [-0.2, -0.15) is 0 Å². The third kappa shape index (κ3) is 5.09. The van der Waals surface area contributed by atoms with Crippen LogP contribution in [0.1, 0.15) is 88.8 Å². The smallest absolute Gasteiger partial charge is 0.156 e. The Kier molecular flexibility index (Phi) is 7.06. The molecule has 42 heavy (non-hydrogen) atoms. The van der Waals surface area contributed by atoms with Crippen molar-refractivity contribution >= 4 is 11.7 Å². The van der Waals surface area contributed by atoms with Crippen LogP contribution in [-0.2, 0) is 0 Å². The zero-order chi connectivity index (χ0) is 30.5. The molecule has 5 rings (SSSR count). The van der Waals surface area contributed by atoms with Gasteiger partial charge in [-0.25, -0.2) is 10.1 Å². The second-order valence-corrected chi connectivity index (χ2v) is 13.0. The molecular weight excluding hydrogens is 520 g/mol. The van der Waals surface area contributed by atoms with Crippen LogP contribution in [0.2, 0.25) is 0 Å². The van der Waals surface area contributed by atoms with E-state index >= 15 is 0 Å². The molecule has 0 spiro atoms. The van der Waals surface area contributed by atoms with Crippen molar-refractivity contribution in [2.75, 3.05) is 0 Å². The van der Waals surface area contributed by atoms with Gasteiger partial charge in [0.25, 0.3) is 0 Å². The molecule has 0 amide bonds. The minimum atomic E-state index is -0.500. The van der Waals surface area contributed by atoms with E-state index in [1.165, 1.54) is 10.1 Å². The molecule has 0 saturated carbocycles. The molecule has 0 unspecified atom stereocenters. The first-order valence-corrected chi connectivity index (χ1v) is 14.2. The molecule has 3 aromatic carbocycles. The zero-order valence-corrected chi connectivity index (χ0v) is 25.6. The summed E-state index contributed by atoms with van der Waals surface area (Å²) in [5.41, 5.74) is 3.38. The fourth-order valence-corrected chi connectivity index (χ4v) is 4.69. The maximum Gasteiger partial charge on any atom is 0.156 e. The van der Waals surface area contributed by atoms with Crippen LogP contribution in [0.25, 0.3) is 0 Å². The van der Waals surface area contributed by atoms with E-state index in [1.807, 2.05) is 128 Å². The van der Waals surface area contributed by atoms with Gasteiger partial charge in [-0.1, -0.05) is 29.7 Å². The summed E-state index contributed by atoms with van der Waals surface area (Å²) in [7, 11) is 0. The molecule has 6 heteroatoms. The third-order valence-electron chi connectivity index (χ3n) is 9.08. The second kappa shape index (κ2) is 10.2. The highest BCUT2D eigenvalue weighted by Gasteiger charge is 2.50. The Labute approximate surface area is 249 Å². The molecule has 6 nitrogen and oxygen atoms in total. The van der Waals surface area contributed by atoms with Crippen LogP contribution < -0.4 is 0 Å². The summed E-state index contributed by atoms with van der Waals surface area (Å²) in [6.07, 6.45) is 0. The van der Waals surface area contributed by atoms with E-state index in [0.29, 0.717) is 11.7 Å². The Morgan fingerprint density at radius 2 is 0.833 bits per heavy atom. The molecule has 0 saturated heterocycles. The molecule has 2 N–H and O–H groups in total. The largest absolute Gasteiger partial charge is 0.286 e. The lowest BCUT2D eigenvalue weighted by Crippen LogP contribution is -2.51. The molecule has 2 heterocycles. The number of benzene rings is 3. The predicted octanol–water partition coefficient (Wildman–Crippen LogP) is 6.50. The molecule has 0 radical (unpaired) electrons. The normalized spacial score (nSPS) is 19.3. The Balaban J connectivity index is 1.28. The standard InChI is InChI=1S/C36H38N4O2/c1-33(2)35(5,6)39(41)31(37-33)29-20-16-25(17-21-29)12-14-27-10-9-11-28(24-27)15-13-26-18-22-30(23-19-26)32-38-34(3,4)36(7,8)40(32)42/h9-11,16-24,41-42H,1-8H3. The van der Waals surface area contributed by atoms with Crippen molar-refractivity contribution in [1.82, 2.24) is 10.1 Å². The van der Waals surface area contributed by atoms with Crippen molar-refractivity contribution in [2.45, 2.75) is 77.5 Å². The maximum atomic E-state index is 10.7. The SMILES string of the molecule is CC1(C)N=C(c2ccc(C#Cc3cccc(C#Cc4ccc(C5=NC(C)(C)C(C)(C)N5O)cc4)c3)cc2)N(O)C1(C)C. The average molecular weight is 559 g/mol. The van der Waals surface area contributed by atoms with Gasteiger partial charge in [0.05, 0.1) is 22.2 Å². The van der Waals surface area contributed by atoms with E-state index in [1.54, 1.807) is 0 Å². The summed E-state index contributed by atoms with van der Waals surface area (Å²) in [6.45, 7) is 16.0. The number of hydroxylamine groups is 4. The Bertz CT molecular complexity index is 1580. The van der Waals surface area contributed by atoms with E-state index in [0.717, 1.165) is 33.4 Å². The van der Waals surface area contributed by atoms with Crippen LogP contribution in [0.4, 0.5) is 0 Å². The maximum absolute atomic E-state index is 10.7. The summed E-state index contributed by atoms with van der Waals surface area (Å²) in [6, 6.07) is 23.4. The van der Waals surface area contributed by atoms with Crippen molar-refractivity contribution in [3.05, 3.63) is 106 Å². The molecule has 0 bridgehead atoms. The number of hydrogen-bond donors (Lipinski definition) is 2. The van der Waals surface area contributed by atoms with Gasteiger partial charge in [0.2, 0.25) is 0 Å². The Morgan fingerprint density at radius 1 is 0.500 bits per heavy atom. The molecule has 3 aromatic rings. The molecule has 0 atom stereocenters. The van der Waals surface area contributed by atoms with Gasteiger partial charge in [-0.05, 0) is 122 Å². The topological polar surface area (TPSA) is 71.7 Å². The number of nitrogens with zero attached hydrogens (tertiary/aromatic N) is 4. The van der Waals surface area contributed by atoms with E-state index in [4.69, 9.17) is 9.98 Å². The zero-order valence-electron chi connectivity index (χ0n) is 25.6. The summed E-state index contributed by atoms with van der Waals surface area (Å²) in [5, 5.41) is 24.0. The van der Waals surface area contributed by atoms with Gasteiger partial charge in [0, 0.05) is 33.4 Å². The first kappa shape index (κ1) is 29.1. The van der Waals surface area contributed by atoms with Gasteiger partial charge in [-0.15, -0.1) is 0 Å². The predicted molar refractivity (Wildman–Crippen MR) is 168 cm³/mol. The van der Waals surface area contributed by atoms with Crippen molar-refractivity contribution in [3.63, 3.8) is 0 Å². The minimum Gasteiger partial charge on any atom is -0.286 e. The van der Waals surface area contributed by atoms with E-state index in [9.17, 15) is 10.4 Å². The van der Waals surface area contributed by atoms with Crippen LogP contribution in [0, 0.1) is 23.7 Å². The summed E-state index contributed by atoms with van der Waals surface area (Å²) in [4.78, 5) is 9.52. The summed E-state index contributed by atoms with van der Waals surface area (Å²) in [5.74, 6) is 14.0. The van der Waals surface area contributed by atoms with Crippen LogP contribution in [0.3, 0.4) is 0 Å². The van der Waals surface area contributed by atoms with Crippen LogP contribution in [0.15, 0.2) is 82.8 Å². The quantitative estimate of drug-likeness (QED) is 0.352. The van der Waals surface area contributed by atoms with Crippen LogP contribution >= 0.6 is 0 Å². The number of rotatable bonds is 2. The van der Waals surface area contributed by atoms with Gasteiger partial charge in [0.1, 0.15) is 0 Å². The Morgan fingerprint density at radius 3 is 1.14 bits per heavy atom. The van der Waals surface area contributed by atoms with E-state index in [-0.39, 0.29) is 0 Å². The highest BCUT2D eigenvalue weighted by atomic mass is 16.5. The minimum absolute atomic E-state index is 0.408. The molecule has 0 fully saturated rings. The summed E-state index contributed by atoms with van der Waals surface area (Å²) < 4.78 is 0. The fourth-order valence-electron chi connectivity index (χ4n) is 4.69. The van der Waals surface area contributed by atoms with Crippen molar-refractivity contribution in [1.29, 1.82) is 0 Å². The number of amidine groups is 2. The summed E-state index contributed by atoms with van der Waals surface area (Å²) >= 11 is 0. The first-order chi connectivity index (χ1) is 19.6. The monoisotopic (exact) mass is 558 g/mol. The van der Waals surface area contributed by atoms with Crippen LogP contribution in [0.5, 0.6) is 0 Å². The van der Waals surface area contributed by atoms with Crippen molar-refractivity contribution in [3.8, 4) is 23.7 Å². The molecular formula is C36H38N4O2. The fraction of sp³-hybridized carbons (Fsp3) is 0.333. The highest BCUT2D eigenvalue weighted by molar-refractivity contribution is 6.01. The van der Waals surface area contributed by atoms with Crippen LogP contribution in [-0.4, -0.2) is 54.4 Å². The second-order valence-electron chi connectivity index (χ2n) is 13.0. The van der Waals surface area contributed by atoms with Gasteiger partial charge in [-0.3, -0.25) is 20.4 Å². The van der Waals surface area contributed by atoms with Gasteiger partial charge < -0.3 is 0 Å². The molecule has 2 aliphatic heterocycles. The Hall–Kier alpha value is -4.36. The lowest BCUT2D eigenvalue weighted by atomic mass is 9.84.